The Hall–Kier alpha value is -1.50. The Labute approximate surface area is 119 Å². The van der Waals surface area contributed by atoms with Crippen LogP contribution in [0.15, 0.2) is 40.9 Å². The zero-order valence-electron chi connectivity index (χ0n) is 9.67. The molecule has 0 fully saturated rings. The topological polar surface area (TPSA) is 35.8 Å². The smallest absolute Gasteiger partial charge is 0.101 e. The van der Waals surface area contributed by atoms with Gasteiger partial charge in [-0.25, -0.2) is 0 Å². The third kappa shape index (κ3) is 2.66. The minimum absolute atomic E-state index is 0.598. The molecule has 0 amide bonds. The largest absolute Gasteiger partial charge is 0.353 e. The van der Waals surface area contributed by atoms with Gasteiger partial charge < -0.3 is 5.32 Å². The molecule has 0 radical (unpaired) electrons. The highest BCUT2D eigenvalue weighted by Gasteiger charge is 2.06. The normalized spacial score (nSPS) is 9.89. The van der Waals surface area contributed by atoms with Gasteiger partial charge in [0.2, 0.25) is 0 Å². The number of para-hydroxylation sites is 1. The Bertz CT molecular complexity index is 632. The summed E-state index contributed by atoms with van der Waals surface area (Å²) in [6.07, 6.45) is 0. The van der Waals surface area contributed by atoms with Crippen molar-refractivity contribution >= 4 is 38.9 Å². The number of rotatable bonds is 2. The van der Waals surface area contributed by atoms with Crippen LogP contribution in [-0.2, 0) is 0 Å². The van der Waals surface area contributed by atoms with Gasteiger partial charge in [0.1, 0.15) is 6.07 Å². The second kappa shape index (κ2) is 5.43. The molecule has 0 atom stereocenters. The van der Waals surface area contributed by atoms with Crippen LogP contribution >= 0.6 is 27.5 Å². The van der Waals surface area contributed by atoms with Gasteiger partial charge in [0.05, 0.1) is 16.9 Å². The molecule has 18 heavy (non-hydrogen) atoms. The van der Waals surface area contributed by atoms with E-state index in [1.54, 1.807) is 6.07 Å². The molecule has 2 aromatic rings. The summed E-state index contributed by atoms with van der Waals surface area (Å²) >= 11 is 9.58. The summed E-state index contributed by atoms with van der Waals surface area (Å²) < 4.78 is 0.914. The Morgan fingerprint density at radius 1 is 1.22 bits per heavy atom. The van der Waals surface area contributed by atoms with Crippen molar-refractivity contribution in [2.75, 3.05) is 5.32 Å². The maximum absolute atomic E-state index is 9.04. The molecular formula is C14H10BrClN2. The van der Waals surface area contributed by atoms with Crippen molar-refractivity contribution < 1.29 is 0 Å². The summed E-state index contributed by atoms with van der Waals surface area (Å²) in [5, 5.41) is 12.9. The van der Waals surface area contributed by atoms with Crippen LogP contribution in [0.2, 0.25) is 5.02 Å². The van der Waals surface area contributed by atoms with E-state index in [2.05, 4.69) is 27.3 Å². The lowest BCUT2D eigenvalue weighted by Crippen LogP contribution is -1.95. The van der Waals surface area contributed by atoms with Gasteiger partial charge in [-0.2, -0.15) is 5.26 Å². The number of nitrogens with one attached hydrogen (secondary N) is 1. The third-order valence-electron chi connectivity index (χ3n) is 2.57. The van der Waals surface area contributed by atoms with E-state index in [1.165, 1.54) is 0 Å². The quantitative estimate of drug-likeness (QED) is 0.842. The number of anilines is 2. The van der Waals surface area contributed by atoms with Gasteiger partial charge in [0.15, 0.2) is 0 Å². The van der Waals surface area contributed by atoms with Gasteiger partial charge in [-0.3, -0.25) is 0 Å². The second-order valence-electron chi connectivity index (χ2n) is 3.86. The van der Waals surface area contributed by atoms with E-state index in [4.69, 9.17) is 16.9 Å². The second-order valence-corrected chi connectivity index (χ2v) is 5.13. The number of nitrogens with zero attached hydrogens (tertiary/aromatic N) is 1. The molecule has 0 saturated carbocycles. The number of aryl methyl sites for hydroxylation is 1. The molecule has 2 rings (SSSR count). The van der Waals surface area contributed by atoms with Crippen molar-refractivity contribution in [3.63, 3.8) is 0 Å². The molecule has 0 bridgehead atoms. The number of halogens is 2. The van der Waals surface area contributed by atoms with Crippen LogP contribution < -0.4 is 5.32 Å². The van der Waals surface area contributed by atoms with E-state index in [0.29, 0.717) is 10.6 Å². The monoisotopic (exact) mass is 320 g/mol. The standard InChI is InChI=1S/C14H10BrClN2/c1-9-6-11(15)14(7-12(9)16)18-13-5-3-2-4-10(13)8-17/h2-7,18H,1H3. The number of hydrogen-bond acceptors (Lipinski definition) is 2. The zero-order chi connectivity index (χ0) is 13.1. The van der Waals surface area contributed by atoms with Crippen molar-refractivity contribution in [3.05, 3.63) is 57.0 Å². The SMILES string of the molecule is Cc1cc(Br)c(Nc2ccccc2C#N)cc1Cl. The summed E-state index contributed by atoms with van der Waals surface area (Å²) in [5.74, 6) is 0. The highest BCUT2D eigenvalue weighted by Crippen LogP contribution is 2.32. The first-order chi connectivity index (χ1) is 8.61. The van der Waals surface area contributed by atoms with E-state index in [1.807, 2.05) is 37.3 Å². The highest BCUT2D eigenvalue weighted by molar-refractivity contribution is 9.10. The maximum atomic E-state index is 9.04. The van der Waals surface area contributed by atoms with E-state index in [9.17, 15) is 0 Å². The van der Waals surface area contributed by atoms with Crippen molar-refractivity contribution in [1.82, 2.24) is 0 Å². The highest BCUT2D eigenvalue weighted by atomic mass is 79.9. The average Bonchev–Trinajstić information content (AvgIpc) is 2.36. The van der Waals surface area contributed by atoms with Crippen LogP contribution in [0.3, 0.4) is 0 Å². The average molecular weight is 322 g/mol. The fourth-order valence-corrected chi connectivity index (χ4v) is 2.30. The predicted octanol–water partition coefficient (Wildman–Crippen LogP) is 5.03. The van der Waals surface area contributed by atoms with E-state index in [-0.39, 0.29) is 0 Å². The van der Waals surface area contributed by atoms with E-state index < -0.39 is 0 Å². The molecular weight excluding hydrogens is 312 g/mol. The number of nitriles is 1. The molecule has 4 heteroatoms. The summed E-state index contributed by atoms with van der Waals surface area (Å²) in [4.78, 5) is 0. The summed E-state index contributed by atoms with van der Waals surface area (Å²) in [6.45, 7) is 1.94. The van der Waals surface area contributed by atoms with Crippen molar-refractivity contribution in [1.29, 1.82) is 5.26 Å². The molecule has 0 aliphatic carbocycles. The van der Waals surface area contributed by atoms with Crippen LogP contribution in [0, 0.1) is 18.3 Å². The van der Waals surface area contributed by atoms with Gasteiger partial charge in [-0.05, 0) is 52.7 Å². The zero-order valence-corrected chi connectivity index (χ0v) is 12.0. The van der Waals surface area contributed by atoms with Gasteiger partial charge in [0, 0.05) is 9.50 Å². The van der Waals surface area contributed by atoms with Crippen molar-refractivity contribution in [3.8, 4) is 6.07 Å². The molecule has 0 heterocycles. The first-order valence-electron chi connectivity index (χ1n) is 5.33. The van der Waals surface area contributed by atoms with E-state index in [0.717, 1.165) is 21.4 Å². The molecule has 0 aliphatic rings. The number of benzene rings is 2. The summed E-state index contributed by atoms with van der Waals surface area (Å²) in [5.41, 5.74) is 3.21. The van der Waals surface area contributed by atoms with Crippen LogP contribution in [0.1, 0.15) is 11.1 Å². The Morgan fingerprint density at radius 2 is 1.94 bits per heavy atom. The van der Waals surface area contributed by atoms with Crippen molar-refractivity contribution in [2.24, 2.45) is 0 Å². The number of hydrogen-bond donors (Lipinski definition) is 1. The molecule has 0 unspecified atom stereocenters. The molecule has 1 N–H and O–H groups in total. The fourth-order valence-electron chi connectivity index (χ4n) is 1.58. The summed E-state index contributed by atoms with van der Waals surface area (Å²) in [7, 11) is 0. The van der Waals surface area contributed by atoms with Crippen molar-refractivity contribution in [2.45, 2.75) is 6.92 Å². The van der Waals surface area contributed by atoms with Gasteiger partial charge >= 0.3 is 0 Å². The maximum Gasteiger partial charge on any atom is 0.101 e. The first kappa shape index (κ1) is 12.9. The Morgan fingerprint density at radius 3 is 2.67 bits per heavy atom. The Balaban J connectivity index is 2.41. The van der Waals surface area contributed by atoms with Gasteiger partial charge in [-0.15, -0.1) is 0 Å². The molecule has 2 nitrogen and oxygen atoms in total. The Kier molecular flexibility index (Phi) is 3.90. The molecule has 0 spiro atoms. The van der Waals surface area contributed by atoms with Gasteiger partial charge in [0.25, 0.3) is 0 Å². The minimum atomic E-state index is 0.598. The molecule has 2 aromatic carbocycles. The first-order valence-corrected chi connectivity index (χ1v) is 6.50. The lowest BCUT2D eigenvalue weighted by molar-refractivity contribution is 1.42. The molecule has 90 valence electrons. The lowest BCUT2D eigenvalue weighted by Gasteiger charge is -2.11. The minimum Gasteiger partial charge on any atom is -0.353 e. The van der Waals surface area contributed by atoms with Gasteiger partial charge in [-0.1, -0.05) is 23.7 Å². The third-order valence-corrected chi connectivity index (χ3v) is 3.63. The van der Waals surface area contributed by atoms with Crippen LogP contribution in [0.25, 0.3) is 0 Å². The fraction of sp³-hybridized carbons (Fsp3) is 0.0714. The lowest BCUT2D eigenvalue weighted by atomic mass is 10.1. The van der Waals surface area contributed by atoms with Crippen LogP contribution in [-0.4, -0.2) is 0 Å². The molecule has 0 saturated heterocycles. The molecule has 0 aromatic heterocycles. The molecule has 0 aliphatic heterocycles. The van der Waals surface area contributed by atoms with Crippen LogP contribution in [0.5, 0.6) is 0 Å². The predicted molar refractivity (Wildman–Crippen MR) is 78.3 cm³/mol. The van der Waals surface area contributed by atoms with E-state index >= 15 is 0 Å². The summed E-state index contributed by atoms with van der Waals surface area (Å²) in [6, 6.07) is 13.3. The van der Waals surface area contributed by atoms with Crippen LogP contribution in [0.4, 0.5) is 11.4 Å².